The zero-order valence-electron chi connectivity index (χ0n) is 11.3. The molecule has 1 saturated heterocycles. The molecule has 122 valence electrons. The van der Waals surface area contributed by atoms with Crippen LogP contribution in [0.15, 0.2) is 0 Å². The zero-order chi connectivity index (χ0) is 16.3. The summed E-state index contributed by atoms with van der Waals surface area (Å²) in [5.74, 6) is -3.41. The molecule has 22 heavy (non-hydrogen) atoms. The Morgan fingerprint density at radius 3 is 2.23 bits per heavy atom. The van der Waals surface area contributed by atoms with Crippen LogP contribution in [-0.2, 0) is 6.18 Å². The van der Waals surface area contributed by atoms with Crippen molar-refractivity contribution in [1.82, 2.24) is 10.2 Å². The molecule has 0 bridgehead atoms. The Kier molecular flexibility index (Phi) is 3.22. The molecule has 0 atom stereocenters. The molecule has 0 amide bonds. The average Bonchev–Trinajstić information content (AvgIpc) is 2.31. The largest absolute Gasteiger partial charge is 0.479 e. The molecule has 1 aromatic rings. The number of nitrogens with zero attached hydrogens (tertiary/aromatic N) is 3. The molecule has 1 spiro atoms. The second-order valence-corrected chi connectivity index (χ2v) is 6.15. The fraction of sp³-hybridized carbons (Fsp3) is 0.667. The van der Waals surface area contributed by atoms with E-state index in [2.05, 4.69) is 14.9 Å². The molecule has 1 aliphatic carbocycles. The Hall–Kier alpha value is -1.38. The minimum absolute atomic E-state index is 0.0836. The van der Waals surface area contributed by atoms with Crippen LogP contribution in [0.3, 0.4) is 0 Å². The van der Waals surface area contributed by atoms with E-state index >= 15 is 0 Å². The van der Waals surface area contributed by atoms with Gasteiger partial charge in [-0.3, -0.25) is 0 Å². The maximum Gasteiger partial charge on any atom is 0.423 e. The molecule has 0 N–H and O–H groups in total. The van der Waals surface area contributed by atoms with Gasteiger partial charge in [0, 0.05) is 31.3 Å². The Morgan fingerprint density at radius 1 is 1.18 bits per heavy atom. The van der Waals surface area contributed by atoms with Crippen molar-refractivity contribution in [2.24, 2.45) is 5.41 Å². The van der Waals surface area contributed by atoms with Crippen molar-refractivity contribution in [2.45, 2.75) is 24.9 Å². The van der Waals surface area contributed by atoms with Crippen LogP contribution in [0.25, 0.3) is 0 Å². The van der Waals surface area contributed by atoms with Gasteiger partial charge in [-0.25, -0.2) is 8.78 Å². The molecule has 1 aromatic heterocycles. The van der Waals surface area contributed by atoms with Crippen LogP contribution < -0.4 is 9.64 Å². The van der Waals surface area contributed by atoms with Gasteiger partial charge in [0.25, 0.3) is 0 Å². The van der Waals surface area contributed by atoms with Crippen LogP contribution in [0.4, 0.5) is 27.6 Å². The molecule has 2 aliphatic rings. The van der Waals surface area contributed by atoms with Gasteiger partial charge in [-0.15, -0.1) is 10.2 Å². The Bertz CT molecular complexity index is 606. The third-order valence-electron chi connectivity index (χ3n) is 3.99. The topological polar surface area (TPSA) is 38.3 Å². The van der Waals surface area contributed by atoms with Crippen molar-refractivity contribution >= 4 is 17.3 Å². The quantitative estimate of drug-likeness (QED) is 0.772. The molecule has 0 radical (unpaired) electrons. The van der Waals surface area contributed by atoms with Gasteiger partial charge in [-0.1, -0.05) is 11.6 Å². The number of hydrogen-bond donors (Lipinski definition) is 0. The van der Waals surface area contributed by atoms with Crippen molar-refractivity contribution in [3.05, 3.63) is 10.7 Å². The lowest BCUT2D eigenvalue weighted by atomic mass is 9.61. The normalized spacial score (nSPS) is 22.2. The first-order chi connectivity index (χ1) is 10.1. The highest BCUT2D eigenvalue weighted by Gasteiger charge is 2.62. The Labute approximate surface area is 127 Å². The van der Waals surface area contributed by atoms with Crippen LogP contribution in [0.2, 0.25) is 5.15 Å². The molecular formula is C12H11ClF5N3O. The number of methoxy groups -OCH3 is 1. The molecular weight excluding hydrogens is 333 g/mol. The summed E-state index contributed by atoms with van der Waals surface area (Å²) < 4.78 is 70.3. The minimum atomic E-state index is -4.74. The second-order valence-electron chi connectivity index (χ2n) is 5.79. The second kappa shape index (κ2) is 4.56. The summed E-state index contributed by atoms with van der Waals surface area (Å²) in [5, 5.41) is 6.31. The molecule has 2 fully saturated rings. The lowest BCUT2D eigenvalue weighted by Gasteiger charge is -2.59. The summed E-state index contributed by atoms with van der Waals surface area (Å²) >= 11 is 5.76. The summed E-state index contributed by atoms with van der Waals surface area (Å²) in [5.41, 5.74) is -2.12. The Balaban J connectivity index is 1.92. The maximum atomic E-state index is 13.3. The van der Waals surface area contributed by atoms with Gasteiger partial charge in [-0.05, 0) is 0 Å². The van der Waals surface area contributed by atoms with Crippen LogP contribution in [0.1, 0.15) is 18.4 Å². The molecule has 3 rings (SSSR count). The van der Waals surface area contributed by atoms with Crippen molar-refractivity contribution in [3.8, 4) is 5.88 Å². The summed E-state index contributed by atoms with van der Waals surface area (Å²) in [6, 6.07) is 0. The summed E-state index contributed by atoms with van der Waals surface area (Å²) in [6.45, 7) is 0.167. The van der Waals surface area contributed by atoms with Gasteiger partial charge in [-0.2, -0.15) is 13.2 Å². The first-order valence-electron chi connectivity index (χ1n) is 6.37. The van der Waals surface area contributed by atoms with Crippen molar-refractivity contribution in [3.63, 3.8) is 0 Å². The number of ether oxygens (including phenoxy) is 1. The van der Waals surface area contributed by atoms with E-state index in [1.165, 1.54) is 4.90 Å². The maximum absolute atomic E-state index is 13.3. The Morgan fingerprint density at radius 2 is 1.77 bits per heavy atom. The van der Waals surface area contributed by atoms with Crippen LogP contribution in [-0.4, -0.2) is 36.3 Å². The van der Waals surface area contributed by atoms with E-state index in [9.17, 15) is 22.0 Å². The molecule has 1 saturated carbocycles. The SMILES string of the molecule is COc1nnc(Cl)c(N2CC3(C2)CC(F)(F)C3)c1C(F)(F)F. The molecule has 1 aliphatic heterocycles. The highest BCUT2D eigenvalue weighted by Crippen LogP contribution is 2.59. The monoisotopic (exact) mass is 343 g/mol. The summed E-state index contributed by atoms with van der Waals surface area (Å²) in [6.07, 6.45) is -5.37. The number of alkyl halides is 5. The highest BCUT2D eigenvalue weighted by molar-refractivity contribution is 6.32. The number of anilines is 1. The van der Waals surface area contributed by atoms with Gasteiger partial charge < -0.3 is 9.64 Å². The summed E-state index contributed by atoms with van der Waals surface area (Å²) in [4.78, 5) is 1.30. The van der Waals surface area contributed by atoms with E-state index in [1.54, 1.807) is 0 Å². The molecule has 4 nitrogen and oxygen atoms in total. The standard InChI is InChI=1S/C12H11ClF5N3O/c1-22-9-6(12(16,17)18)7(8(13)19-20-9)21-4-10(5-21)2-11(14,15)3-10/h2-5H2,1H3. The lowest BCUT2D eigenvalue weighted by molar-refractivity contribution is -0.171. The smallest absolute Gasteiger partial charge is 0.423 e. The first kappa shape index (κ1) is 15.5. The highest BCUT2D eigenvalue weighted by atomic mass is 35.5. The van der Waals surface area contributed by atoms with Crippen molar-refractivity contribution < 1.29 is 26.7 Å². The lowest BCUT2D eigenvalue weighted by Crippen LogP contribution is -2.66. The fourth-order valence-electron chi connectivity index (χ4n) is 3.27. The zero-order valence-corrected chi connectivity index (χ0v) is 12.1. The summed E-state index contributed by atoms with van der Waals surface area (Å²) in [7, 11) is 1.04. The molecule has 2 heterocycles. The van der Waals surface area contributed by atoms with Gasteiger partial charge in [0.05, 0.1) is 12.8 Å². The van der Waals surface area contributed by atoms with Crippen LogP contribution in [0, 0.1) is 5.41 Å². The molecule has 0 unspecified atom stereocenters. The molecule has 10 heteroatoms. The van der Waals surface area contributed by atoms with Crippen LogP contribution >= 0.6 is 11.6 Å². The molecule has 0 aromatic carbocycles. The van der Waals surface area contributed by atoms with E-state index in [-0.39, 0.29) is 31.6 Å². The third-order valence-corrected chi connectivity index (χ3v) is 4.24. The van der Waals surface area contributed by atoms with Gasteiger partial charge in [0.15, 0.2) is 5.15 Å². The van der Waals surface area contributed by atoms with E-state index in [0.29, 0.717) is 0 Å². The number of hydrogen-bond acceptors (Lipinski definition) is 4. The van der Waals surface area contributed by atoms with Gasteiger partial charge in [0.2, 0.25) is 11.8 Å². The fourth-order valence-corrected chi connectivity index (χ4v) is 3.52. The predicted octanol–water partition coefficient (Wildman–Crippen LogP) is 3.39. The first-order valence-corrected chi connectivity index (χ1v) is 6.75. The van der Waals surface area contributed by atoms with E-state index in [4.69, 9.17) is 11.6 Å². The van der Waals surface area contributed by atoms with E-state index in [1.807, 2.05) is 0 Å². The minimum Gasteiger partial charge on any atom is -0.479 e. The number of aromatic nitrogens is 2. The van der Waals surface area contributed by atoms with Crippen LogP contribution in [0.5, 0.6) is 5.88 Å². The van der Waals surface area contributed by atoms with Gasteiger partial charge >= 0.3 is 6.18 Å². The van der Waals surface area contributed by atoms with Gasteiger partial charge in [0.1, 0.15) is 5.56 Å². The average molecular weight is 344 g/mol. The van der Waals surface area contributed by atoms with Crippen molar-refractivity contribution in [1.29, 1.82) is 0 Å². The van der Waals surface area contributed by atoms with E-state index < -0.39 is 34.1 Å². The van der Waals surface area contributed by atoms with E-state index in [0.717, 1.165) is 7.11 Å². The van der Waals surface area contributed by atoms with Crippen molar-refractivity contribution in [2.75, 3.05) is 25.1 Å². The number of halogens is 6. The predicted molar refractivity (Wildman–Crippen MR) is 67.4 cm³/mol. The third kappa shape index (κ3) is 2.35. The number of rotatable bonds is 2.